The van der Waals surface area contributed by atoms with Gasteiger partial charge in [-0.25, -0.2) is 9.97 Å². The average molecular weight is 439 g/mol. The van der Waals surface area contributed by atoms with Crippen molar-refractivity contribution in [2.24, 2.45) is 0 Å². The number of nitrogens with one attached hydrogen (secondary N) is 2. The van der Waals surface area contributed by atoms with Gasteiger partial charge in [0.25, 0.3) is 0 Å². The van der Waals surface area contributed by atoms with E-state index in [2.05, 4.69) is 20.6 Å². The van der Waals surface area contributed by atoms with Crippen LogP contribution in [0.5, 0.6) is 5.75 Å². The van der Waals surface area contributed by atoms with E-state index in [1.54, 1.807) is 7.11 Å². The number of anilines is 2. The van der Waals surface area contributed by atoms with Gasteiger partial charge >= 0.3 is 0 Å². The van der Waals surface area contributed by atoms with Gasteiger partial charge in [0.05, 0.1) is 25.0 Å². The predicted octanol–water partition coefficient (Wildman–Crippen LogP) is 5.49. The molecular weight excluding hydrogens is 412 g/mol. The van der Waals surface area contributed by atoms with E-state index >= 15 is 0 Å². The van der Waals surface area contributed by atoms with Crippen molar-refractivity contribution in [3.63, 3.8) is 0 Å². The Hall–Kier alpha value is -4.19. The van der Waals surface area contributed by atoms with E-state index in [0.29, 0.717) is 5.69 Å². The van der Waals surface area contributed by atoms with Crippen molar-refractivity contribution in [1.82, 2.24) is 9.97 Å². The van der Waals surface area contributed by atoms with E-state index in [1.807, 2.05) is 92.7 Å². The van der Waals surface area contributed by atoms with Crippen LogP contribution in [0.4, 0.5) is 11.6 Å². The second-order valence-electron chi connectivity index (χ2n) is 7.82. The third-order valence-electron chi connectivity index (χ3n) is 5.22. The number of ether oxygens (including phenoxy) is 1. The van der Waals surface area contributed by atoms with Gasteiger partial charge in [-0.1, -0.05) is 47.5 Å². The highest BCUT2D eigenvalue weighted by Crippen LogP contribution is 2.27. The Labute approximate surface area is 193 Å². The Morgan fingerprint density at radius 3 is 1.85 bits per heavy atom. The number of aromatic nitrogens is 2. The van der Waals surface area contributed by atoms with Gasteiger partial charge in [0.2, 0.25) is 11.9 Å². The van der Waals surface area contributed by atoms with Gasteiger partial charge < -0.3 is 10.1 Å². The van der Waals surface area contributed by atoms with Crippen molar-refractivity contribution >= 4 is 17.5 Å². The van der Waals surface area contributed by atoms with E-state index in [9.17, 15) is 4.79 Å². The number of hydrogen-bond acceptors (Lipinski definition) is 5. The van der Waals surface area contributed by atoms with Crippen LogP contribution in [-0.2, 0) is 4.79 Å². The van der Waals surface area contributed by atoms with Gasteiger partial charge in [-0.3, -0.25) is 10.1 Å². The largest absolute Gasteiger partial charge is 0.497 e. The molecule has 0 fully saturated rings. The van der Waals surface area contributed by atoms with Crippen molar-refractivity contribution in [3.05, 3.63) is 90.0 Å². The monoisotopic (exact) mass is 438 g/mol. The molecule has 0 aliphatic heterocycles. The van der Waals surface area contributed by atoms with Crippen LogP contribution in [0.2, 0.25) is 0 Å². The van der Waals surface area contributed by atoms with E-state index in [1.165, 1.54) is 5.56 Å². The van der Waals surface area contributed by atoms with Crippen molar-refractivity contribution in [2.75, 3.05) is 24.3 Å². The highest BCUT2D eigenvalue weighted by molar-refractivity contribution is 5.92. The molecule has 6 nitrogen and oxygen atoms in total. The maximum absolute atomic E-state index is 12.6. The first-order valence-corrected chi connectivity index (χ1v) is 10.7. The number of methoxy groups -OCH3 is 1. The summed E-state index contributed by atoms with van der Waals surface area (Å²) in [5, 5.41) is 5.95. The first-order valence-electron chi connectivity index (χ1n) is 10.7. The SMILES string of the molecule is COc1ccc(-c2cc(-c3ccc(C)cc3)nc(NC(=O)CNc3ccc(C)cc3)n2)cc1. The average Bonchev–Trinajstić information content (AvgIpc) is 2.84. The molecule has 0 unspecified atom stereocenters. The molecule has 0 radical (unpaired) electrons. The van der Waals surface area contributed by atoms with Crippen LogP contribution in [0.25, 0.3) is 22.5 Å². The number of hydrogen-bond donors (Lipinski definition) is 2. The molecule has 1 heterocycles. The lowest BCUT2D eigenvalue weighted by Gasteiger charge is -2.11. The lowest BCUT2D eigenvalue weighted by atomic mass is 10.1. The number of aryl methyl sites for hydroxylation is 2. The first kappa shape index (κ1) is 22.0. The molecule has 0 atom stereocenters. The lowest BCUT2D eigenvalue weighted by Crippen LogP contribution is -2.23. The van der Waals surface area contributed by atoms with E-state index < -0.39 is 0 Å². The molecule has 4 rings (SSSR count). The third kappa shape index (κ3) is 5.74. The summed E-state index contributed by atoms with van der Waals surface area (Å²) in [5.74, 6) is 0.800. The molecule has 6 heteroatoms. The molecular formula is C27H26N4O2. The molecule has 0 bridgehead atoms. The fraction of sp³-hybridized carbons (Fsp3) is 0.148. The summed E-state index contributed by atoms with van der Waals surface area (Å²) in [4.78, 5) is 21.8. The molecule has 0 aliphatic carbocycles. The topological polar surface area (TPSA) is 76.1 Å². The Balaban J connectivity index is 1.59. The van der Waals surface area contributed by atoms with Gasteiger partial charge in [0.1, 0.15) is 5.75 Å². The van der Waals surface area contributed by atoms with Crippen LogP contribution in [-0.4, -0.2) is 29.5 Å². The van der Waals surface area contributed by atoms with Crippen LogP contribution >= 0.6 is 0 Å². The van der Waals surface area contributed by atoms with Gasteiger partial charge in [0.15, 0.2) is 0 Å². The van der Waals surface area contributed by atoms with Gasteiger partial charge in [0, 0.05) is 16.8 Å². The minimum Gasteiger partial charge on any atom is -0.497 e. The van der Waals surface area contributed by atoms with E-state index in [4.69, 9.17) is 4.74 Å². The maximum Gasteiger partial charge on any atom is 0.246 e. The number of nitrogens with zero attached hydrogens (tertiary/aromatic N) is 2. The highest BCUT2D eigenvalue weighted by Gasteiger charge is 2.12. The normalized spacial score (nSPS) is 10.5. The number of amides is 1. The van der Waals surface area contributed by atoms with E-state index in [0.717, 1.165) is 33.8 Å². The van der Waals surface area contributed by atoms with E-state index in [-0.39, 0.29) is 18.4 Å². The van der Waals surface area contributed by atoms with Crippen LogP contribution in [0.1, 0.15) is 11.1 Å². The minimum absolute atomic E-state index is 0.110. The summed E-state index contributed by atoms with van der Waals surface area (Å²) in [6.07, 6.45) is 0. The zero-order chi connectivity index (χ0) is 23.2. The minimum atomic E-state index is -0.225. The van der Waals surface area contributed by atoms with Crippen molar-refractivity contribution < 1.29 is 9.53 Å². The van der Waals surface area contributed by atoms with Crippen molar-refractivity contribution in [1.29, 1.82) is 0 Å². The summed E-state index contributed by atoms with van der Waals surface area (Å²) in [6.45, 7) is 4.17. The maximum atomic E-state index is 12.6. The fourth-order valence-corrected chi connectivity index (χ4v) is 3.31. The van der Waals surface area contributed by atoms with Crippen LogP contribution in [0, 0.1) is 13.8 Å². The predicted molar refractivity (Wildman–Crippen MR) is 132 cm³/mol. The second-order valence-corrected chi connectivity index (χ2v) is 7.82. The van der Waals surface area contributed by atoms with Gasteiger partial charge in [-0.05, 0) is 56.3 Å². The molecule has 1 amide bonds. The van der Waals surface area contributed by atoms with Gasteiger partial charge in [-0.15, -0.1) is 0 Å². The zero-order valence-corrected chi connectivity index (χ0v) is 18.9. The number of carbonyl (C=O) groups excluding carboxylic acids is 1. The quantitative estimate of drug-likeness (QED) is 0.399. The standard InChI is InChI=1S/C27H26N4O2/c1-18-4-8-20(9-5-18)24-16-25(21-10-14-23(33-3)15-11-21)30-27(29-24)31-26(32)17-28-22-12-6-19(2)7-13-22/h4-16,28H,17H2,1-3H3,(H,29,30,31,32). The van der Waals surface area contributed by atoms with Gasteiger partial charge in [-0.2, -0.15) is 0 Å². The third-order valence-corrected chi connectivity index (χ3v) is 5.22. The summed E-state index contributed by atoms with van der Waals surface area (Å²) >= 11 is 0. The molecule has 4 aromatic rings. The van der Waals surface area contributed by atoms with Crippen LogP contribution in [0.3, 0.4) is 0 Å². The molecule has 33 heavy (non-hydrogen) atoms. The Bertz CT molecular complexity index is 1230. The summed E-state index contributed by atoms with van der Waals surface area (Å²) in [5.41, 5.74) is 6.51. The summed E-state index contributed by atoms with van der Waals surface area (Å²) in [6, 6.07) is 25.5. The number of carbonyl (C=O) groups is 1. The van der Waals surface area contributed by atoms with Crippen LogP contribution < -0.4 is 15.4 Å². The smallest absolute Gasteiger partial charge is 0.246 e. The fourth-order valence-electron chi connectivity index (χ4n) is 3.31. The first-order chi connectivity index (χ1) is 16.0. The Morgan fingerprint density at radius 2 is 1.30 bits per heavy atom. The summed E-state index contributed by atoms with van der Waals surface area (Å²) in [7, 11) is 1.63. The molecule has 166 valence electrons. The molecule has 0 aliphatic rings. The highest BCUT2D eigenvalue weighted by atomic mass is 16.5. The molecule has 2 N–H and O–H groups in total. The lowest BCUT2D eigenvalue weighted by molar-refractivity contribution is -0.114. The number of benzene rings is 3. The Kier molecular flexibility index (Phi) is 6.64. The van der Waals surface area contributed by atoms with Crippen molar-refractivity contribution in [2.45, 2.75) is 13.8 Å². The molecule has 3 aromatic carbocycles. The summed E-state index contributed by atoms with van der Waals surface area (Å²) < 4.78 is 5.26. The molecule has 0 saturated carbocycles. The molecule has 0 spiro atoms. The zero-order valence-electron chi connectivity index (χ0n) is 18.9. The second kappa shape index (κ2) is 9.96. The van der Waals surface area contributed by atoms with Crippen LogP contribution in [0.15, 0.2) is 78.9 Å². The molecule has 0 saturated heterocycles. The number of rotatable bonds is 7. The molecule has 1 aromatic heterocycles. The Morgan fingerprint density at radius 1 is 0.788 bits per heavy atom. The van der Waals surface area contributed by atoms with Crippen molar-refractivity contribution in [3.8, 4) is 28.3 Å².